The lowest BCUT2D eigenvalue weighted by atomic mass is 10.2. The molecule has 108 valence electrons. The zero-order valence-electron chi connectivity index (χ0n) is 11.0. The van der Waals surface area contributed by atoms with Crippen LogP contribution >= 0.6 is 0 Å². The van der Waals surface area contributed by atoms with Crippen LogP contribution in [0.25, 0.3) is 0 Å². The molecule has 0 radical (unpaired) electrons. The molecule has 0 aliphatic rings. The molecule has 5 nitrogen and oxygen atoms in total. The van der Waals surface area contributed by atoms with Crippen molar-refractivity contribution in [1.82, 2.24) is 10.9 Å². The summed E-state index contributed by atoms with van der Waals surface area (Å²) in [5.74, 6) is -0.929. The minimum Gasteiger partial charge on any atom is -0.484 e. The fourth-order valence-corrected chi connectivity index (χ4v) is 1.50. The summed E-state index contributed by atoms with van der Waals surface area (Å²) in [6, 6.07) is 13.8. The smallest absolute Gasteiger partial charge is 0.276 e. The van der Waals surface area contributed by atoms with E-state index in [2.05, 4.69) is 10.9 Å². The highest BCUT2D eigenvalue weighted by Crippen LogP contribution is 2.07. The van der Waals surface area contributed by atoms with Crippen LogP contribution in [0.1, 0.15) is 10.4 Å². The number of para-hydroxylation sites is 1. The molecule has 2 rings (SSSR count). The molecule has 0 aliphatic carbocycles. The van der Waals surface area contributed by atoms with Crippen LogP contribution in [0.2, 0.25) is 0 Å². The minimum absolute atomic E-state index is 0.228. The summed E-state index contributed by atoms with van der Waals surface area (Å²) in [5.41, 5.74) is 4.66. The molecule has 0 fully saturated rings. The Kier molecular flexibility index (Phi) is 4.87. The first-order valence-corrected chi connectivity index (χ1v) is 6.18. The topological polar surface area (TPSA) is 67.4 Å². The number of hydrogen-bond donors (Lipinski definition) is 2. The van der Waals surface area contributed by atoms with E-state index in [1.807, 2.05) is 6.07 Å². The highest BCUT2D eigenvalue weighted by Gasteiger charge is 2.07. The summed E-state index contributed by atoms with van der Waals surface area (Å²) in [4.78, 5) is 23.1. The van der Waals surface area contributed by atoms with Crippen LogP contribution in [0.3, 0.4) is 0 Å². The van der Waals surface area contributed by atoms with Gasteiger partial charge >= 0.3 is 0 Å². The molecule has 0 heterocycles. The van der Waals surface area contributed by atoms with Crippen LogP contribution in [-0.4, -0.2) is 18.4 Å². The lowest BCUT2D eigenvalue weighted by molar-refractivity contribution is -0.123. The summed E-state index contributed by atoms with van der Waals surface area (Å²) < 4.78 is 17.9. The van der Waals surface area contributed by atoms with E-state index in [4.69, 9.17) is 4.74 Å². The van der Waals surface area contributed by atoms with Crippen molar-refractivity contribution >= 4 is 11.8 Å². The first-order valence-electron chi connectivity index (χ1n) is 6.18. The molecule has 0 aromatic heterocycles. The minimum atomic E-state index is -0.539. The molecule has 0 saturated carbocycles. The van der Waals surface area contributed by atoms with Crippen LogP contribution in [0.4, 0.5) is 4.39 Å². The van der Waals surface area contributed by atoms with Crippen LogP contribution in [-0.2, 0) is 4.79 Å². The van der Waals surface area contributed by atoms with Gasteiger partial charge in [-0.25, -0.2) is 4.39 Å². The number of benzene rings is 2. The fraction of sp³-hybridized carbons (Fsp3) is 0.0667. The van der Waals surface area contributed by atoms with Crippen molar-refractivity contribution in [2.45, 2.75) is 0 Å². The summed E-state index contributed by atoms with van der Waals surface area (Å²) >= 11 is 0. The Morgan fingerprint density at radius 2 is 1.62 bits per heavy atom. The number of halogens is 1. The number of rotatable bonds is 4. The number of ether oxygens (including phenoxy) is 1. The van der Waals surface area contributed by atoms with E-state index in [1.54, 1.807) is 24.3 Å². The summed E-state index contributed by atoms with van der Waals surface area (Å²) in [7, 11) is 0. The van der Waals surface area contributed by atoms with Crippen molar-refractivity contribution in [2.75, 3.05) is 6.61 Å². The highest BCUT2D eigenvalue weighted by atomic mass is 19.1. The van der Waals surface area contributed by atoms with E-state index in [0.717, 1.165) is 12.1 Å². The molecule has 0 spiro atoms. The van der Waals surface area contributed by atoms with Crippen molar-refractivity contribution in [3.63, 3.8) is 0 Å². The number of amides is 2. The van der Waals surface area contributed by atoms with Crippen molar-refractivity contribution in [1.29, 1.82) is 0 Å². The van der Waals surface area contributed by atoms with Gasteiger partial charge in [0.15, 0.2) is 6.61 Å². The zero-order chi connectivity index (χ0) is 15.1. The average molecular weight is 288 g/mol. The van der Waals surface area contributed by atoms with Crippen molar-refractivity contribution in [3.8, 4) is 5.75 Å². The maximum atomic E-state index is 12.7. The van der Waals surface area contributed by atoms with Gasteiger partial charge < -0.3 is 4.74 Å². The van der Waals surface area contributed by atoms with Gasteiger partial charge in [-0.1, -0.05) is 18.2 Å². The Morgan fingerprint density at radius 3 is 2.29 bits per heavy atom. The second-order valence-electron chi connectivity index (χ2n) is 4.11. The fourth-order valence-electron chi connectivity index (χ4n) is 1.50. The molecule has 0 aliphatic heterocycles. The second kappa shape index (κ2) is 7.04. The Morgan fingerprint density at radius 1 is 0.952 bits per heavy atom. The number of hydrogen-bond acceptors (Lipinski definition) is 3. The van der Waals surface area contributed by atoms with Gasteiger partial charge in [-0.3, -0.25) is 20.4 Å². The Balaban J connectivity index is 1.76. The molecule has 0 saturated heterocycles. The van der Waals surface area contributed by atoms with E-state index in [1.165, 1.54) is 12.1 Å². The molecule has 0 atom stereocenters. The van der Waals surface area contributed by atoms with Gasteiger partial charge in [-0.2, -0.15) is 0 Å². The van der Waals surface area contributed by atoms with Gasteiger partial charge in [0, 0.05) is 5.56 Å². The Bertz CT molecular complexity index is 615. The number of nitrogens with one attached hydrogen (secondary N) is 2. The normalized spacial score (nSPS) is 9.76. The average Bonchev–Trinajstić information content (AvgIpc) is 2.52. The summed E-state index contributed by atoms with van der Waals surface area (Å²) in [6.45, 7) is -0.228. The Hall–Kier alpha value is -2.89. The molecule has 2 N–H and O–H groups in total. The third kappa shape index (κ3) is 4.61. The van der Waals surface area contributed by atoms with Crippen LogP contribution in [0, 0.1) is 5.82 Å². The molecule has 6 heteroatoms. The van der Waals surface area contributed by atoms with E-state index >= 15 is 0 Å². The second-order valence-corrected chi connectivity index (χ2v) is 4.11. The number of carbonyl (C=O) groups is 2. The van der Waals surface area contributed by atoms with Crippen molar-refractivity contribution in [3.05, 3.63) is 66.0 Å². The monoisotopic (exact) mass is 288 g/mol. The van der Waals surface area contributed by atoms with Crippen molar-refractivity contribution in [2.24, 2.45) is 0 Å². The molecule has 0 unspecified atom stereocenters. The van der Waals surface area contributed by atoms with Gasteiger partial charge in [-0.15, -0.1) is 0 Å². The zero-order valence-corrected chi connectivity index (χ0v) is 11.0. The molecule has 21 heavy (non-hydrogen) atoms. The predicted molar refractivity (Wildman–Crippen MR) is 73.9 cm³/mol. The summed E-state index contributed by atoms with van der Waals surface area (Å²) in [6.07, 6.45) is 0. The highest BCUT2D eigenvalue weighted by molar-refractivity contribution is 5.95. The Labute approximate surface area is 120 Å². The SMILES string of the molecule is O=C(COc1ccccc1)NNC(=O)c1ccc(F)cc1. The molecule has 2 aromatic rings. The number of carbonyl (C=O) groups excluding carboxylic acids is 2. The van der Waals surface area contributed by atoms with Gasteiger partial charge in [0.05, 0.1) is 0 Å². The van der Waals surface area contributed by atoms with E-state index in [-0.39, 0.29) is 12.2 Å². The summed E-state index contributed by atoms with van der Waals surface area (Å²) in [5, 5.41) is 0. The third-order valence-electron chi connectivity index (χ3n) is 2.53. The predicted octanol–water partition coefficient (Wildman–Crippen LogP) is 1.67. The van der Waals surface area contributed by atoms with Crippen LogP contribution in [0.5, 0.6) is 5.75 Å². The van der Waals surface area contributed by atoms with Crippen molar-refractivity contribution < 1.29 is 18.7 Å². The molecule has 0 bridgehead atoms. The molecule has 2 amide bonds. The van der Waals surface area contributed by atoms with Gasteiger partial charge in [0.25, 0.3) is 11.8 Å². The van der Waals surface area contributed by atoms with Crippen LogP contribution < -0.4 is 15.6 Å². The maximum Gasteiger partial charge on any atom is 0.276 e. The maximum absolute atomic E-state index is 12.7. The first-order chi connectivity index (χ1) is 10.1. The number of hydrazine groups is 1. The van der Waals surface area contributed by atoms with Gasteiger partial charge in [0.1, 0.15) is 11.6 Å². The van der Waals surface area contributed by atoms with E-state index in [9.17, 15) is 14.0 Å². The third-order valence-corrected chi connectivity index (χ3v) is 2.53. The van der Waals surface area contributed by atoms with E-state index in [0.29, 0.717) is 5.75 Å². The lowest BCUT2D eigenvalue weighted by Crippen LogP contribution is -2.43. The quantitative estimate of drug-likeness (QED) is 0.841. The molecular weight excluding hydrogens is 275 g/mol. The standard InChI is InChI=1S/C15H13FN2O3/c16-12-8-6-11(7-9-12)15(20)18-17-14(19)10-21-13-4-2-1-3-5-13/h1-9H,10H2,(H,17,19)(H,18,20). The van der Waals surface area contributed by atoms with Gasteiger partial charge in [-0.05, 0) is 36.4 Å². The first kappa shape index (κ1) is 14.5. The molecule has 2 aromatic carbocycles. The molecular formula is C15H13FN2O3. The van der Waals surface area contributed by atoms with Gasteiger partial charge in [0.2, 0.25) is 0 Å². The van der Waals surface area contributed by atoms with Crippen LogP contribution in [0.15, 0.2) is 54.6 Å². The lowest BCUT2D eigenvalue weighted by Gasteiger charge is -2.08. The van der Waals surface area contributed by atoms with E-state index < -0.39 is 17.6 Å². The largest absolute Gasteiger partial charge is 0.484 e.